The summed E-state index contributed by atoms with van der Waals surface area (Å²) in [5.41, 5.74) is 0.547. The summed E-state index contributed by atoms with van der Waals surface area (Å²) in [6, 6.07) is 5.73. The first kappa shape index (κ1) is 22.0. The van der Waals surface area contributed by atoms with Crippen LogP contribution in [0.5, 0.6) is 0 Å². The number of nitrogens with one attached hydrogen (secondary N) is 1. The Kier molecular flexibility index (Phi) is 5.36. The van der Waals surface area contributed by atoms with Crippen LogP contribution in [0.2, 0.25) is 0 Å². The maximum Gasteiger partial charge on any atom is 0.354 e. The van der Waals surface area contributed by atoms with Gasteiger partial charge in [-0.1, -0.05) is 23.4 Å². The predicted molar refractivity (Wildman–Crippen MR) is 114 cm³/mol. The van der Waals surface area contributed by atoms with Crippen LogP contribution in [-0.4, -0.2) is 40.0 Å². The average molecular weight is 453 g/mol. The molecule has 1 aliphatic heterocycles. The summed E-state index contributed by atoms with van der Waals surface area (Å²) >= 11 is 0. The lowest BCUT2D eigenvalue weighted by Gasteiger charge is -2.23. The minimum Gasteiger partial charge on any atom is -0.507 e. The molecule has 0 aliphatic carbocycles. The first-order valence-electron chi connectivity index (χ1n) is 9.94. The van der Waals surface area contributed by atoms with E-state index in [1.54, 1.807) is 26.8 Å². The van der Waals surface area contributed by atoms with E-state index < -0.39 is 35.3 Å². The van der Waals surface area contributed by atoms with E-state index >= 15 is 0 Å². The smallest absolute Gasteiger partial charge is 0.354 e. The molecule has 2 N–H and O–H groups in total. The molecule has 2 aromatic heterocycles. The van der Waals surface area contributed by atoms with Crippen LogP contribution >= 0.6 is 0 Å². The molecule has 1 aliphatic rings. The number of esters is 1. The monoisotopic (exact) mass is 453 g/mol. The van der Waals surface area contributed by atoms with E-state index in [2.05, 4.69) is 10.1 Å². The molecular weight excluding hydrogens is 433 g/mol. The molecule has 33 heavy (non-hydrogen) atoms. The molecule has 1 amide bonds. The molecule has 3 aromatic rings. The summed E-state index contributed by atoms with van der Waals surface area (Å²) in [6.07, 6.45) is 0. The van der Waals surface area contributed by atoms with Crippen LogP contribution in [0.1, 0.15) is 44.7 Å². The van der Waals surface area contributed by atoms with Crippen molar-refractivity contribution in [2.45, 2.75) is 26.8 Å². The van der Waals surface area contributed by atoms with Crippen molar-refractivity contribution in [3.8, 4) is 0 Å². The average Bonchev–Trinajstić information content (AvgIpc) is 3.42. The number of nitrogens with zero attached hydrogens (tertiary/aromatic N) is 2. The van der Waals surface area contributed by atoms with Crippen LogP contribution in [-0.2, 0) is 14.3 Å². The number of aromatic nitrogens is 2. The van der Waals surface area contributed by atoms with Crippen LogP contribution in [0.15, 0.2) is 40.4 Å². The Hall–Kier alpha value is -4.21. The number of aryl methyl sites for hydroxylation is 2. The fourth-order valence-corrected chi connectivity index (χ4v) is 4.07. The first-order valence-corrected chi connectivity index (χ1v) is 9.94. The van der Waals surface area contributed by atoms with Crippen molar-refractivity contribution in [2.75, 3.05) is 12.0 Å². The number of hydrogen-bond acceptors (Lipinski definition) is 7. The third-order valence-electron chi connectivity index (χ3n) is 5.57. The van der Waals surface area contributed by atoms with Crippen LogP contribution in [0.3, 0.4) is 0 Å². The summed E-state index contributed by atoms with van der Waals surface area (Å²) < 4.78 is 24.7. The number of aliphatic hydroxyl groups is 1. The zero-order valence-corrected chi connectivity index (χ0v) is 18.2. The molecule has 10 heteroatoms. The van der Waals surface area contributed by atoms with Gasteiger partial charge in [0, 0.05) is 22.9 Å². The number of methoxy groups -OCH3 is 1. The lowest BCUT2D eigenvalue weighted by molar-refractivity contribution is -0.132. The largest absolute Gasteiger partial charge is 0.507 e. The zero-order valence-electron chi connectivity index (χ0n) is 18.2. The molecule has 4 rings (SSSR count). The number of aromatic amines is 1. The Balaban J connectivity index is 2.00. The van der Waals surface area contributed by atoms with Crippen molar-refractivity contribution in [3.05, 3.63) is 75.6 Å². The fraction of sp³-hybridized carbons (Fsp3) is 0.217. The third-order valence-corrected chi connectivity index (χ3v) is 5.57. The molecule has 1 aromatic carbocycles. The second-order valence-corrected chi connectivity index (χ2v) is 7.60. The summed E-state index contributed by atoms with van der Waals surface area (Å²) in [5.74, 6) is -3.56. The lowest BCUT2D eigenvalue weighted by Crippen LogP contribution is -2.30. The van der Waals surface area contributed by atoms with Gasteiger partial charge in [0.2, 0.25) is 0 Å². The van der Waals surface area contributed by atoms with Gasteiger partial charge in [-0.25, -0.2) is 9.18 Å². The number of amides is 1. The number of hydrogen-bond donors (Lipinski definition) is 2. The van der Waals surface area contributed by atoms with E-state index in [9.17, 15) is 23.9 Å². The molecule has 1 unspecified atom stereocenters. The maximum absolute atomic E-state index is 14.9. The van der Waals surface area contributed by atoms with E-state index in [1.165, 1.54) is 31.4 Å². The highest BCUT2D eigenvalue weighted by atomic mass is 19.1. The molecule has 1 fully saturated rings. The summed E-state index contributed by atoms with van der Waals surface area (Å²) in [4.78, 5) is 42.1. The number of ether oxygens (including phenoxy) is 1. The second kappa shape index (κ2) is 8.05. The lowest BCUT2D eigenvalue weighted by atomic mass is 9.93. The highest BCUT2D eigenvalue weighted by Gasteiger charge is 2.49. The van der Waals surface area contributed by atoms with Crippen LogP contribution < -0.4 is 4.90 Å². The number of carbonyl (C=O) groups excluding carboxylic acids is 3. The topological polar surface area (TPSA) is 126 Å². The molecule has 1 atom stereocenters. The molecular formula is C23H20FN3O6. The number of benzene rings is 1. The second-order valence-electron chi connectivity index (χ2n) is 7.60. The Bertz CT molecular complexity index is 1340. The Morgan fingerprint density at radius 1 is 1.24 bits per heavy atom. The van der Waals surface area contributed by atoms with Crippen LogP contribution in [0.4, 0.5) is 10.2 Å². The summed E-state index contributed by atoms with van der Waals surface area (Å²) in [7, 11) is 1.21. The Labute approximate surface area is 187 Å². The third kappa shape index (κ3) is 3.39. The molecule has 0 bridgehead atoms. The van der Waals surface area contributed by atoms with Crippen molar-refractivity contribution in [2.24, 2.45) is 0 Å². The minimum atomic E-state index is -1.31. The van der Waals surface area contributed by atoms with Crippen molar-refractivity contribution in [1.29, 1.82) is 0 Å². The number of anilines is 1. The van der Waals surface area contributed by atoms with Gasteiger partial charge < -0.3 is 19.4 Å². The molecule has 9 nitrogen and oxygen atoms in total. The van der Waals surface area contributed by atoms with Crippen molar-refractivity contribution >= 4 is 29.2 Å². The Morgan fingerprint density at radius 2 is 1.94 bits per heavy atom. The number of Topliss-reactive ketones (excluding diaryl/α,β-unsaturated/α-hetero) is 1. The van der Waals surface area contributed by atoms with E-state index in [1.807, 2.05) is 0 Å². The number of carbonyl (C=O) groups is 3. The van der Waals surface area contributed by atoms with Gasteiger partial charge in [0.05, 0.1) is 18.7 Å². The van der Waals surface area contributed by atoms with Crippen LogP contribution in [0.25, 0.3) is 5.76 Å². The van der Waals surface area contributed by atoms with Gasteiger partial charge in [0.1, 0.15) is 23.0 Å². The molecule has 3 heterocycles. The molecule has 0 spiro atoms. The molecule has 0 saturated carbocycles. The summed E-state index contributed by atoms with van der Waals surface area (Å²) in [6.45, 7) is 4.75. The van der Waals surface area contributed by atoms with Crippen molar-refractivity contribution in [3.63, 3.8) is 0 Å². The van der Waals surface area contributed by atoms with Gasteiger partial charge in [0.15, 0.2) is 5.82 Å². The van der Waals surface area contributed by atoms with E-state index in [4.69, 9.17) is 9.26 Å². The van der Waals surface area contributed by atoms with Crippen molar-refractivity contribution < 1.29 is 33.1 Å². The summed E-state index contributed by atoms with van der Waals surface area (Å²) in [5, 5.41) is 15.1. The molecule has 170 valence electrons. The standard InChI is InChI=1S/C23H20FN3O6/c1-10-9-15(26-33-10)27-19(13-7-5-6-8-14(13)24)17(21(29)22(27)30)20(28)16-11(2)18(23(31)32-4)25-12(16)3/h5-9,19,25,28H,1-4H3/b20-17+. The van der Waals surface area contributed by atoms with Gasteiger partial charge in [0.25, 0.3) is 5.78 Å². The molecule has 1 saturated heterocycles. The van der Waals surface area contributed by atoms with Gasteiger partial charge in [-0.05, 0) is 32.4 Å². The number of ketones is 1. The minimum absolute atomic E-state index is 0.000310. The van der Waals surface area contributed by atoms with Gasteiger partial charge in [-0.15, -0.1) is 0 Å². The quantitative estimate of drug-likeness (QED) is 0.268. The SMILES string of the molecule is COC(=O)c1[nH]c(C)c(/C(O)=C2\C(=O)C(=O)N(c3cc(C)on3)C2c2ccccc2F)c1C. The number of rotatable bonds is 4. The highest BCUT2D eigenvalue weighted by Crippen LogP contribution is 2.43. The van der Waals surface area contributed by atoms with Gasteiger partial charge >= 0.3 is 11.9 Å². The number of H-pyrrole nitrogens is 1. The normalized spacial score (nSPS) is 17.6. The Morgan fingerprint density at radius 3 is 2.55 bits per heavy atom. The van der Waals surface area contributed by atoms with E-state index in [0.29, 0.717) is 17.0 Å². The molecule has 0 radical (unpaired) electrons. The maximum atomic E-state index is 14.9. The van der Waals surface area contributed by atoms with Crippen LogP contribution in [0, 0.1) is 26.6 Å². The first-order chi connectivity index (χ1) is 15.7. The predicted octanol–water partition coefficient (Wildman–Crippen LogP) is 3.48. The highest BCUT2D eigenvalue weighted by molar-refractivity contribution is 6.51. The zero-order chi connectivity index (χ0) is 24.0. The van der Waals surface area contributed by atoms with Gasteiger partial charge in [-0.2, -0.15) is 0 Å². The van der Waals surface area contributed by atoms with E-state index in [-0.39, 0.29) is 28.2 Å². The number of aliphatic hydroxyl groups excluding tert-OH is 1. The van der Waals surface area contributed by atoms with Crippen molar-refractivity contribution in [1.82, 2.24) is 10.1 Å². The fourth-order valence-electron chi connectivity index (χ4n) is 4.07. The number of halogens is 1. The van der Waals surface area contributed by atoms with Gasteiger partial charge in [-0.3, -0.25) is 14.5 Å². The van der Waals surface area contributed by atoms with E-state index in [0.717, 1.165) is 4.90 Å².